The van der Waals surface area contributed by atoms with E-state index in [0.29, 0.717) is 10.0 Å². The van der Waals surface area contributed by atoms with E-state index in [1.165, 1.54) is 22.7 Å². The number of hydrogen-bond donors (Lipinski definition) is 1. The zero-order valence-electron chi connectivity index (χ0n) is 11.5. The molecule has 0 spiro atoms. The van der Waals surface area contributed by atoms with Crippen molar-refractivity contribution in [1.82, 2.24) is 15.0 Å². The standard InChI is InChI=1S/C14H12N4OS2/c1-8-7-20-14(16-8)18-12(19)11-9(2)17-13(21-11)10-3-5-15-6-4-10/h3-7H,1-2H3,(H,16,18,19). The molecule has 3 heterocycles. The van der Waals surface area contributed by atoms with Crippen molar-refractivity contribution in [2.24, 2.45) is 0 Å². The van der Waals surface area contributed by atoms with Gasteiger partial charge in [-0.3, -0.25) is 15.1 Å². The molecule has 1 amide bonds. The Morgan fingerprint density at radius 1 is 1.19 bits per heavy atom. The van der Waals surface area contributed by atoms with Crippen LogP contribution in [0.1, 0.15) is 21.1 Å². The van der Waals surface area contributed by atoms with Gasteiger partial charge in [-0.15, -0.1) is 22.7 Å². The molecule has 21 heavy (non-hydrogen) atoms. The Bertz CT molecular complexity index is 779. The quantitative estimate of drug-likeness (QED) is 0.802. The largest absolute Gasteiger partial charge is 0.297 e. The lowest BCUT2D eigenvalue weighted by Gasteiger charge is -1.98. The number of amides is 1. The van der Waals surface area contributed by atoms with Crippen LogP contribution in [0.3, 0.4) is 0 Å². The lowest BCUT2D eigenvalue weighted by atomic mass is 10.3. The molecule has 106 valence electrons. The number of aryl methyl sites for hydroxylation is 2. The molecular formula is C14H12N4OS2. The lowest BCUT2D eigenvalue weighted by molar-refractivity contribution is 0.103. The first-order chi connectivity index (χ1) is 10.1. The van der Waals surface area contributed by atoms with Crippen LogP contribution in [0.25, 0.3) is 10.6 Å². The molecule has 0 saturated carbocycles. The molecule has 3 aromatic rings. The van der Waals surface area contributed by atoms with Gasteiger partial charge in [-0.1, -0.05) is 0 Å². The number of hydrogen-bond acceptors (Lipinski definition) is 6. The Balaban J connectivity index is 1.86. The van der Waals surface area contributed by atoms with Crippen molar-refractivity contribution in [3.8, 4) is 10.6 Å². The summed E-state index contributed by atoms with van der Waals surface area (Å²) in [6, 6.07) is 3.76. The lowest BCUT2D eigenvalue weighted by Crippen LogP contribution is -2.11. The predicted molar refractivity (Wildman–Crippen MR) is 84.9 cm³/mol. The summed E-state index contributed by atoms with van der Waals surface area (Å²) >= 11 is 2.79. The van der Waals surface area contributed by atoms with Crippen LogP contribution in [0.15, 0.2) is 29.9 Å². The number of anilines is 1. The molecule has 0 unspecified atom stereocenters. The fourth-order valence-corrected chi connectivity index (χ4v) is 3.44. The molecule has 0 aromatic carbocycles. The molecule has 0 fully saturated rings. The number of nitrogens with zero attached hydrogens (tertiary/aromatic N) is 3. The maximum absolute atomic E-state index is 12.3. The summed E-state index contributed by atoms with van der Waals surface area (Å²) in [6.07, 6.45) is 3.42. The first kappa shape index (κ1) is 13.8. The van der Waals surface area contributed by atoms with Gasteiger partial charge in [0.2, 0.25) is 0 Å². The summed E-state index contributed by atoms with van der Waals surface area (Å²) in [6.45, 7) is 3.73. The first-order valence-electron chi connectivity index (χ1n) is 6.25. The zero-order valence-corrected chi connectivity index (χ0v) is 13.1. The SMILES string of the molecule is Cc1csc(NC(=O)c2sc(-c3ccncc3)nc2C)n1. The van der Waals surface area contributed by atoms with Gasteiger partial charge in [-0.2, -0.15) is 0 Å². The van der Waals surface area contributed by atoms with E-state index in [-0.39, 0.29) is 5.91 Å². The zero-order chi connectivity index (χ0) is 14.8. The Morgan fingerprint density at radius 3 is 2.62 bits per heavy atom. The second kappa shape index (κ2) is 5.71. The summed E-state index contributed by atoms with van der Waals surface area (Å²) in [7, 11) is 0. The highest BCUT2D eigenvalue weighted by atomic mass is 32.1. The molecule has 3 aromatic heterocycles. The highest BCUT2D eigenvalue weighted by Crippen LogP contribution is 2.28. The average Bonchev–Trinajstić information content (AvgIpc) is 3.06. The topological polar surface area (TPSA) is 67.8 Å². The van der Waals surface area contributed by atoms with Crippen LogP contribution in [-0.2, 0) is 0 Å². The average molecular weight is 316 g/mol. The molecule has 0 aliphatic rings. The Labute approximate surface area is 129 Å². The van der Waals surface area contributed by atoms with Crippen LogP contribution in [0.2, 0.25) is 0 Å². The number of rotatable bonds is 3. The van der Waals surface area contributed by atoms with Crippen LogP contribution in [0.5, 0.6) is 0 Å². The Morgan fingerprint density at radius 2 is 1.95 bits per heavy atom. The van der Waals surface area contributed by atoms with Gasteiger partial charge in [0.25, 0.3) is 5.91 Å². The Hall–Kier alpha value is -2.12. The number of carbonyl (C=O) groups excluding carboxylic acids is 1. The van der Waals surface area contributed by atoms with Gasteiger partial charge < -0.3 is 0 Å². The molecule has 0 radical (unpaired) electrons. The molecule has 5 nitrogen and oxygen atoms in total. The summed E-state index contributed by atoms with van der Waals surface area (Å²) in [4.78, 5) is 25.6. The van der Waals surface area contributed by atoms with Crippen LogP contribution < -0.4 is 5.32 Å². The molecular weight excluding hydrogens is 304 g/mol. The van der Waals surface area contributed by atoms with Gasteiger partial charge >= 0.3 is 0 Å². The molecule has 1 N–H and O–H groups in total. The molecule has 0 aliphatic heterocycles. The second-order valence-electron chi connectivity index (χ2n) is 4.42. The third-order valence-electron chi connectivity index (χ3n) is 2.77. The van der Waals surface area contributed by atoms with Crippen molar-refractivity contribution in [3.05, 3.63) is 46.2 Å². The van der Waals surface area contributed by atoms with E-state index in [2.05, 4.69) is 20.3 Å². The second-order valence-corrected chi connectivity index (χ2v) is 6.27. The van der Waals surface area contributed by atoms with E-state index in [0.717, 1.165) is 22.0 Å². The normalized spacial score (nSPS) is 10.6. The minimum absolute atomic E-state index is 0.167. The fraction of sp³-hybridized carbons (Fsp3) is 0.143. The third-order valence-corrected chi connectivity index (χ3v) is 4.85. The van der Waals surface area contributed by atoms with Gasteiger partial charge in [0.05, 0.1) is 11.4 Å². The summed E-state index contributed by atoms with van der Waals surface area (Å²) in [5.41, 5.74) is 2.58. The van der Waals surface area contributed by atoms with E-state index in [9.17, 15) is 4.79 Å². The number of thiazole rings is 2. The van der Waals surface area contributed by atoms with E-state index >= 15 is 0 Å². The van der Waals surface area contributed by atoms with Crippen molar-refractivity contribution in [2.45, 2.75) is 13.8 Å². The smallest absolute Gasteiger partial charge is 0.269 e. The highest BCUT2D eigenvalue weighted by molar-refractivity contribution is 7.17. The highest BCUT2D eigenvalue weighted by Gasteiger charge is 2.17. The van der Waals surface area contributed by atoms with Crippen LogP contribution in [0, 0.1) is 13.8 Å². The summed E-state index contributed by atoms with van der Waals surface area (Å²) < 4.78 is 0. The summed E-state index contributed by atoms with van der Waals surface area (Å²) in [5, 5.41) is 6.13. The van der Waals surface area contributed by atoms with Gasteiger partial charge in [-0.25, -0.2) is 9.97 Å². The van der Waals surface area contributed by atoms with E-state index < -0.39 is 0 Å². The van der Waals surface area contributed by atoms with E-state index in [1.54, 1.807) is 12.4 Å². The third kappa shape index (κ3) is 2.98. The maximum atomic E-state index is 12.3. The minimum atomic E-state index is -0.167. The van der Waals surface area contributed by atoms with Gasteiger partial charge in [0.1, 0.15) is 9.88 Å². The number of aromatic nitrogens is 3. The monoisotopic (exact) mass is 316 g/mol. The molecule has 7 heteroatoms. The van der Waals surface area contributed by atoms with E-state index in [4.69, 9.17) is 0 Å². The molecule has 0 aliphatic carbocycles. The van der Waals surface area contributed by atoms with Crippen LogP contribution >= 0.6 is 22.7 Å². The number of pyridine rings is 1. The molecule has 0 bridgehead atoms. The van der Waals surface area contributed by atoms with E-state index in [1.807, 2.05) is 31.4 Å². The van der Waals surface area contributed by atoms with Crippen LogP contribution in [-0.4, -0.2) is 20.9 Å². The summed E-state index contributed by atoms with van der Waals surface area (Å²) in [5.74, 6) is -0.167. The number of carbonyl (C=O) groups is 1. The van der Waals surface area contributed by atoms with Crippen molar-refractivity contribution in [2.75, 3.05) is 5.32 Å². The van der Waals surface area contributed by atoms with Crippen molar-refractivity contribution >= 4 is 33.7 Å². The van der Waals surface area contributed by atoms with Crippen molar-refractivity contribution in [3.63, 3.8) is 0 Å². The minimum Gasteiger partial charge on any atom is -0.297 e. The molecule has 3 rings (SSSR count). The van der Waals surface area contributed by atoms with Crippen molar-refractivity contribution < 1.29 is 4.79 Å². The van der Waals surface area contributed by atoms with Crippen LogP contribution in [0.4, 0.5) is 5.13 Å². The van der Waals surface area contributed by atoms with Gasteiger partial charge in [0.15, 0.2) is 5.13 Å². The molecule has 0 saturated heterocycles. The molecule has 0 atom stereocenters. The van der Waals surface area contributed by atoms with Gasteiger partial charge in [0, 0.05) is 23.3 Å². The Kier molecular flexibility index (Phi) is 3.76. The maximum Gasteiger partial charge on any atom is 0.269 e. The predicted octanol–water partition coefficient (Wildman–Crippen LogP) is 3.53. The number of nitrogens with one attached hydrogen (secondary N) is 1. The fourth-order valence-electron chi connectivity index (χ4n) is 1.79. The van der Waals surface area contributed by atoms with Gasteiger partial charge in [-0.05, 0) is 26.0 Å². The first-order valence-corrected chi connectivity index (χ1v) is 7.94. The van der Waals surface area contributed by atoms with Crippen molar-refractivity contribution in [1.29, 1.82) is 0 Å².